The zero-order valence-electron chi connectivity index (χ0n) is 12.6. The molecule has 1 aliphatic rings. The monoisotopic (exact) mass is 279 g/mol. The first-order valence-electron chi connectivity index (χ1n) is 7.43. The smallest absolute Gasteiger partial charge is 0.123 e. The summed E-state index contributed by atoms with van der Waals surface area (Å²) in [5.74, 6) is 0.613. The van der Waals surface area contributed by atoms with E-state index in [9.17, 15) is 4.39 Å². The number of hydrogen-bond donors (Lipinski definition) is 1. The van der Waals surface area contributed by atoms with Gasteiger partial charge in [-0.2, -0.15) is 0 Å². The molecule has 1 fully saturated rings. The molecular weight excluding hydrogens is 253 g/mol. The first-order valence-corrected chi connectivity index (χ1v) is 7.43. The van der Waals surface area contributed by atoms with Gasteiger partial charge in [0.05, 0.1) is 0 Å². The molecule has 2 N–H and O–H groups in total. The molecule has 0 aliphatic carbocycles. The van der Waals surface area contributed by atoms with Gasteiger partial charge in [0.15, 0.2) is 0 Å². The fraction of sp³-hybridized carbons (Fsp3) is 0.625. The Kier molecular flexibility index (Phi) is 5.52. The molecule has 0 saturated carbocycles. The molecule has 2 rings (SSSR count). The lowest BCUT2D eigenvalue weighted by atomic mass is 9.95. The fourth-order valence-corrected chi connectivity index (χ4v) is 3.02. The van der Waals surface area contributed by atoms with E-state index >= 15 is 0 Å². The number of rotatable bonds is 5. The average molecular weight is 279 g/mol. The van der Waals surface area contributed by atoms with E-state index in [1.54, 1.807) is 6.07 Å². The summed E-state index contributed by atoms with van der Waals surface area (Å²) in [6, 6.07) is 4.98. The molecule has 1 heterocycles. The van der Waals surface area contributed by atoms with Gasteiger partial charge in [0.25, 0.3) is 0 Å². The van der Waals surface area contributed by atoms with E-state index in [-0.39, 0.29) is 5.82 Å². The van der Waals surface area contributed by atoms with Gasteiger partial charge in [0.2, 0.25) is 0 Å². The summed E-state index contributed by atoms with van der Waals surface area (Å²) >= 11 is 0. The standard InChI is InChI=1S/C16H26FN3/c1-19(2)11-13-5-7-20(8-6-13)12-14-3-4-16(17)9-15(14)10-18/h3-4,9,13H,5-8,10-12,18H2,1-2H3. The van der Waals surface area contributed by atoms with Crippen molar-refractivity contribution >= 4 is 0 Å². The number of hydrogen-bond acceptors (Lipinski definition) is 3. The van der Waals surface area contributed by atoms with E-state index in [1.807, 2.05) is 6.07 Å². The number of halogens is 1. The van der Waals surface area contributed by atoms with Gasteiger partial charge in [0.1, 0.15) is 5.82 Å². The highest BCUT2D eigenvalue weighted by atomic mass is 19.1. The van der Waals surface area contributed by atoms with Crippen molar-refractivity contribution in [2.75, 3.05) is 33.7 Å². The summed E-state index contributed by atoms with van der Waals surface area (Å²) in [7, 11) is 4.27. The van der Waals surface area contributed by atoms with Crippen LogP contribution in [-0.4, -0.2) is 43.5 Å². The predicted octanol–water partition coefficient (Wildman–Crippen LogP) is 2.06. The van der Waals surface area contributed by atoms with Crippen LogP contribution in [0.2, 0.25) is 0 Å². The predicted molar refractivity (Wildman–Crippen MR) is 80.8 cm³/mol. The van der Waals surface area contributed by atoms with Crippen LogP contribution in [0, 0.1) is 11.7 Å². The molecule has 0 aromatic heterocycles. The molecule has 0 bridgehead atoms. The first kappa shape index (κ1) is 15.4. The summed E-state index contributed by atoms with van der Waals surface area (Å²) in [6.45, 7) is 4.73. The Bertz CT molecular complexity index is 426. The lowest BCUT2D eigenvalue weighted by Gasteiger charge is -2.33. The maximum absolute atomic E-state index is 13.2. The largest absolute Gasteiger partial charge is 0.326 e. The van der Waals surface area contributed by atoms with Crippen molar-refractivity contribution < 1.29 is 4.39 Å². The van der Waals surface area contributed by atoms with Gasteiger partial charge in [-0.1, -0.05) is 6.07 Å². The van der Waals surface area contributed by atoms with Gasteiger partial charge in [-0.05, 0) is 69.2 Å². The molecule has 3 nitrogen and oxygen atoms in total. The fourth-order valence-electron chi connectivity index (χ4n) is 3.02. The molecule has 1 aromatic rings. The molecule has 0 radical (unpaired) electrons. The van der Waals surface area contributed by atoms with Crippen molar-refractivity contribution in [3.05, 3.63) is 35.1 Å². The van der Waals surface area contributed by atoms with E-state index in [2.05, 4.69) is 23.9 Å². The quantitative estimate of drug-likeness (QED) is 0.895. The minimum absolute atomic E-state index is 0.195. The van der Waals surface area contributed by atoms with Crippen molar-refractivity contribution in [1.29, 1.82) is 0 Å². The molecule has 112 valence electrons. The third kappa shape index (κ3) is 4.27. The second-order valence-corrected chi connectivity index (χ2v) is 6.10. The molecule has 1 aromatic carbocycles. The summed E-state index contributed by atoms with van der Waals surface area (Å²) in [4.78, 5) is 4.73. The number of nitrogens with two attached hydrogens (primary N) is 1. The first-order chi connectivity index (χ1) is 9.58. The van der Waals surface area contributed by atoms with Crippen molar-refractivity contribution in [2.45, 2.75) is 25.9 Å². The van der Waals surface area contributed by atoms with Gasteiger partial charge in [-0.25, -0.2) is 4.39 Å². The maximum atomic E-state index is 13.2. The van der Waals surface area contributed by atoms with Crippen LogP contribution in [0.5, 0.6) is 0 Å². The average Bonchev–Trinajstić information content (AvgIpc) is 2.42. The summed E-state index contributed by atoms with van der Waals surface area (Å²) < 4.78 is 13.2. The molecule has 4 heteroatoms. The Hall–Kier alpha value is -0.970. The molecule has 1 saturated heterocycles. The number of piperidine rings is 1. The van der Waals surface area contributed by atoms with Crippen LogP contribution in [0.15, 0.2) is 18.2 Å². The van der Waals surface area contributed by atoms with Crippen LogP contribution >= 0.6 is 0 Å². The summed E-state index contributed by atoms with van der Waals surface area (Å²) in [5.41, 5.74) is 7.81. The summed E-state index contributed by atoms with van der Waals surface area (Å²) in [5, 5.41) is 0. The zero-order valence-corrected chi connectivity index (χ0v) is 12.6. The van der Waals surface area contributed by atoms with Gasteiger partial charge < -0.3 is 10.6 Å². The highest BCUT2D eigenvalue weighted by Crippen LogP contribution is 2.21. The van der Waals surface area contributed by atoms with E-state index < -0.39 is 0 Å². The Morgan fingerprint density at radius 1 is 1.25 bits per heavy atom. The third-order valence-corrected chi connectivity index (χ3v) is 4.11. The van der Waals surface area contributed by atoms with E-state index in [0.29, 0.717) is 6.54 Å². The van der Waals surface area contributed by atoms with Crippen LogP contribution in [0.25, 0.3) is 0 Å². The second kappa shape index (κ2) is 7.16. The zero-order chi connectivity index (χ0) is 14.5. The molecule has 0 spiro atoms. The minimum atomic E-state index is -0.195. The molecule has 1 aliphatic heterocycles. The Labute approximate surface area is 121 Å². The topological polar surface area (TPSA) is 32.5 Å². The minimum Gasteiger partial charge on any atom is -0.326 e. The maximum Gasteiger partial charge on any atom is 0.123 e. The molecule has 0 unspecified atom stereocenters. The SMILES string of the molecule is CN(C)CC1CCN(Cc2ccc(F)cc2CN)CC1. The third-order valence-electron chi connectivity index (χ3n) is 4.11. The molecule has 20 heavy (non-hydrogen) atoms. The number of benzene rings is 1. The lowest BCUT2D eigenvalue weighted by Crippen LogP contribution is -2.36. The molecular formula is C16H26FN3. The van der Waals surface area contributed by atoms with Gasteiger partial charge in [-0.15, -0.1) is 0 Å². The van der Waals surface area contributed by atoms with Crippen molar-refractivity contribution in [2.24, 2.45) is 11.7 Å². The normalized spacial score (nSPS) is 17.9. The van der Waals surface area contributed by atoms with Crippen LogP contribution in [0.1, 0.15) is 24.0 Å². The Morgan fingerprint density at radius 3 is 2.55 bits per heavy atom. The molecule has 0 amide bonds. The Morgan fingerprint density at radius 2 is 1.95 bits per heavy atom. The Balaban J connectivity index is 1.89. The lowest BCUT2D eigenvalue weighted by molar-refractivity contribution is 0.156. The van der Waals surface area contributed by atoms with E-state index in [0.717, 1.165) is 31.1 Å². The van der Waals surface area contributed by atoms with Crippen molar-refractivity contribution in [3.63, 3.8) is 0 Å². The summed E-state index contributed by atoms with van der Waals surface area (Å²) in [6.07, 6.45) is 2.49. The van der Waals surface area contributed by atoms with Crippen LogP contribution in [0.4, 0.5) is 4.39 Å². The van der Waals surface area contributed by atoms with E-state index in [4.69, 9.17) is 5.73 Å². The molecule has 0 atom stereocenters. The van der Waals surface area contributed by atoms with Crippen molar-refractivity contribution in [1.82, 2.24) is 9.80 Å². The van der Waals surface area contributed by atoms with Gasteiger partial charge in [0, 0.05) is 19.6 Å². The highest BCUT2D eigenvalue weighted by molar-refractivity contribution is 5.27. The number of likely N-dealkylation sites (tertiary alicyclic amines) is 1. The van der Waals surface area contributed by atoms with Gasteiger partial charge in [-0.3, -0.25) is 4.90 Å². The highest BCUT2D eigenvalue weighted by Gasteiger charge is 2.20. The van der Waals surface area contributed by atoms with Crippen LogP contribution in [-0.2, 0) is 13.1 Å². The number of nitrogens with zero attached hydrogens (tertiary/aromatic N) is 2. The van der Waals surface area contributed by atoms with Crippen LogP contribution in [0.3, 0.4) is 0 Å². The van der Waals surface area contributed by atoms with Gasteiger partial charge >= 0.3 is 0 Å². The van der Waals surface area contributed by atoms with Crippen molar-refractivity contribution in [3.8, 4) is 0 Å². The van der Waals surface area contributed by atoms with Crippen LogP contribution < -0.4 is 5.73 Å². The van der Waals surface area contributed by atoms with E-state index in [1.165, 1.54) is 31.0 Å². The second-order valence-electron chi connectivity index (χ2n) is 6.10.